The van der Waals surface area contributed by atoms with Crippen LogP contribution >= 0.6 is 0 Å². The molecule has 2 amide bonds. The third kappa shape index (κ3) is 5.86. The van der Waals surface area contributed by atoms with E-state index in [4.69, 9.17) is 4.74 Å². The molecule has 1 aromatic heterocycles. The van der Waals surface area contributed by atoms with Gasteiger partial charge in [-0.3, -0.25) is 9.59 Å². The largest absolute Gasteiger partial charge is 0.383 e. The molecule has 0 radical (unpaired) electrons. The summed E-state index contributed by atoms with van der Waals surface area (Å²) in [5.74, 6) is 0.123. The van der Waals surface area contributed by atoms with Crippen LogP contribution in [0.5, 0.6) is 0 Å². The summed E-state index contributed by atoms with van der Waals surface area (Å²) in [4.78, 5) is 27.9. The van der Waals surface area contributed by atoms with Crippen LogP contribution in [0.2, 0.25) is 0 Å². The second-order valence-electron chi connectivity index (χ2n) is 5.62. The number of rotatable bonds is 9. The summed E-state index contributed by atoms with van der Waals surface area (Å²) in [5.41, 5.74) is 2.20. The highest BCUT2D eigenvalue weighted by Gasteiger charge is 2.14. The number of carbonyl (C=O) groups excluding carboxylic acids is 2. The first-order chi connectivity index (χ1) is 12.6. The van der Waals surface area contributed by atoms with Crippen molar-refractivity contribution in [2.75, 3.05) is 38.7 Å². The van der Waals surface area contributed by atoms with Crippen molar-refractivity contribution in [1.29, 1.82) is 0 Å². The van der Waals surface area contributed by atoms with Crippen molar-refractivity contribution >= 4 is 17.6 Å². The summed E-state index contributed by atoms with van der Waals surface area (Å²) in [7, 11) is 1.62. The van der Waals surface area contributed by atoms with Crippen molar-refractivity contribution in [3.05, 3.63) is 48.0 Å². The number of hydrogen-bond acceptors (Lipinski definition) is 5. The lowest BCUT2D eigenvalue weighted by Gasteiger charge is -2.13. The smallest absolute Gasteiger partial charge is 0.255 e. The molecule has 0 aliphatic carbocycles. The molecule has 0 fully saturated rings. The molecule has 7 heteroatoms. The highest BCUT2D eigenvalue weighted by molar-refractivity contribution is 5.99. The zero-order valence-electron chi connectivity index (χ0n) is 15.0. The first-order valence-corrected chi connectivity index (χ1v) is 8.43. The van der Waals surface area contributed by atoms with Gasteiger partial charge in [-0.25, -0.2) is 4.98 Å². The Morgan fingerprint density at radius 3 is 2.42 bits per heavy atom. The zero-order chi connectivity index (χ0) is 18.8. The fraction of sp³-hybridized carbons (Fsp3) is 0.316. The van der Waals surface area contributed by atoms with Gasteiger partial charge in [-0.2, -0.15) is 0 Å². The summed E-state index contributed by atoms with van der Waals surface area (Å²) in [6.07, 6.45) is 0. The summed E-state index contributed by atoms with van der Waals surface area (Å²) < 4.78 is 5.05. The molecule has 0 spiro atoms. The van der Waals surface area contributed by atoms with Gasteiger partial charge < -0.3 is 20.7 Å². The van der Waals surface area contributed by atoms with Crippen molar-refractivity contribution in [3.8, 4) is 11.3 Å². The van der Waals surface area contributed by atoms with E-state index in [2.05, 4.69) is 20.9 Å². The number of pyridine rings is 1. The van der Waals surface area contributed by atoms with Crippen molar-refractivity contribution in [2.45, 2.75) is 6.92 Å². The van der Waals surface area contributed by atoms with Gasteiger partial charge in [0, 0.05) is 39.2 Å². The Morgan fingerprint density at radius 2 is 1.73 bits per heavy atom. The van der Waals surface area contributed by atoms with E-state index in [1.807, 2.05) is 36.4 Å². The quantitative estimate of drug-likeness (QED) is 0.595. The van der Waals surface area contributed by atoms with Crippen molar-refractivity contribution in [1.82, 2.24) is 15.6 Å². The Labute approximate surface area is 153 Å². The Balaban J connectivity index is 2.15. The molecule has 2 rings (SSSR count). The van der Waals surface area contributed by atoms with Crippen LogP contribution in [0.3, 0.4) is 0 Å². The first-order valence-electron chi connectivity index (χ1n) is 8.43. The molecule has 138 valence electrons. The molecular weight excluding hydrogens is 332 g/mol. The normalized spacial score (nSPS) is 10.2. The maximum atomic E-state index is 12.5. The lowest BCUT2D eigenvalue weighted by Crippen LogP contribution is -2.34. The van der Waals surface area contributed by atoms with Crippen LogP contribution in [0.1, 0.15) is 17.3 Å². The van der Waals surface area contributed by atoms with E-state index in [1.165, 1.54) is 6.92 Å². The van der Waals surface area contributed by atoms with Gasteiger partial charge in [0.25, 0.3) is 5.91 Å². The minimum absolute atomic E-state index is 0.130. The van der Waals surface area contributed by atoms with Gasteiger partial charge in [0.05, 0.1) is 17.9 Å². The molecule has 0 saturated carbocycles. The highest BCUT2D eigenvalue weighted by atomic mass is 16.5. The number of anilines is 1. The van der Waals surface area contributed by atoms with Crippen LogP contribution in [0.25, 0.3) is 11.3 Å². The number of carbonyl (C=O) groups is 2. The lowest BCUT2D eigenvalue weighted by molar-refractivity contribution is -0.118. The molecule has 0 unspecified atom stereocenters. The first kappa shape index (κ1) is 19.4. The van der Waals surface area contributed by atoms with Crippen LogP contribution < -0.4 is 16.0 Å². The van der Waals surface area contributed by atoms with Gasteiger partial charge in [0.1, 0.15) is 5.82 Å². The second kappa shape index (κ2) is 10.1. The van der Waals surface area contributed by atoms with E-state index < -0.39 is 0 Å². The van der Waals surface area contributed by atoms with Gasteiger partial charge in [-0.05, 0) is 12.1 Å². The maximum absolute atomic E-state index is 12.5. The number of benzene rings is 1. The highest BCUT2D eigenvalue weighted by Crippen LogP contribution is 2.21. The Morgan fingerprint density at radius 1 is 1.00 bits per heavy atom. The summed E-state index contributed by atoms with van der Waals surface area (Å²) in [6.45, 7) is 3.19. The van der Waals surface area contributed by atoms with Gasteiger partial charge in [0.15, 0.2) is 0 Å². The average Bonchev–Trinajstić information content (AvgIpc) is 2.66. The van der Waals surface area contributed by atoms with Crippen LogP contribution in [-0.4, -0.2) is 50.1 Å². The second-order valence-corrected chi connectivity index (χ2v) is 5.62. The number of nitrogens with zero attached hydrogens (tertiary/aromatic N) is 1. The lowest BCUT2D eigenvalue weighted by atomic mass is 10.1. The van der Waals surface area contributed by atoms with Crippen LogP contribution in [0, 0.1) is 0 Å². The number of ether oxygens (including phenoxy) is 1. The molecule has 3 N–H and O–H groups in total. The predicted octanol–water partition coefficient (Wildman–Crippen LogP) is 1.67. The Bertz CT molecular complexity index is 735. The number of amides is 2. The molecule has 26 heavy (non-hydrogen) atoms. The third-order valence-electron chi connectivity index (χ3n) is 3.59. The number of hydrogen-bond donors (Lipinski definition) is 3. The van der Waals surface area contributed by atoms with Crippen LogP contribution in [0.4, 0.5) is 5.82 Å². The number of aromatic nitrogens is 1. The molecule has 1 heterocycles. The average molecular weight is 356 g/mol. The van der Waals surface area contributed by atoms with E-state index in [1.54, 1.807) is 13.2 Å². The van der Waals surface area contributed by atoms with Gasteiger partial charge in [-0.1, -0.05) is 30.3 Å². The van der Waals surface area contributed by atoms with E-state index in [0.29, 0.717) is 37.6 Å². The number of methoxy groups -OCH3 is 1. The van der Waals surface area contributed by atoms with Gasteiger partial charge >= 0.3 is 0 Å². The van der Waals surface area contributed by atoms with Gasteiger partial charge in [-0.15, -0.1) is 0 Å². The van der Waals surface area contributed by atoms with E-state index in [-0.39, 0.29) is 11.8 Å². The monoisotopic (exact) mass is 356 g/mol. The van der Waals surface area contributed by atoms with E-state index in [9.17, 15) is 9.59 Å². The summed E-state index contributed by atoms with van der Waals surface area (Å²) in [6, 6.07) is 13.3. The third-order valence-corrected chi connectivity index (χ3v) is 3.59. The fourth-order valence-corrected chi connectivity index (χ4v) is 2.33. The molecule has 0 aliphatic heterocycles. The molecule has 0 bridgehead atoms. The molecule has 2 aromatic rings. The molecular formula is C19H24N4O3. The zero-order valence-corrected chi connectivity index (χ0v) is 15.0. The van der Waals surface area contributed by atoms with Gasteiger partial charge in [0.2, 0.25) is 5.91 Å². The predicted molar refractivity (Wildman–Crippen MR) is 101 cm³/mol. The minimum atomic E-state index is -0.248. The molecule has 0 aliphatic rings. The van der Waals surface area contributed by atoms with Crippen LogP contribution in [-0.2, 0) is 9.53 Å². The van der Waals surface area contributed by atoms with Crippen molar-refractivity contribution in [3.63, 3.8) is 0 Å². The standard InChI is InChI=1S/C19H24N4O3/c1-14(24)20-10-11-22-19(25)16-8-9-17(15-6-4-3-5-7-15)23-18(16)21-12-13-26-2/h3-9H,10-13H2,1-2H3,(H,20,24)(H,21,23)(H,22,25). The number of nitrogens with one attached hydrogen (secondary N) is 3. The Kier molecular flexibility index (Phi) is 7.57. The van der Waals surface area contributed by atoms with E-state index >= 15 is 0 Å². The van der Waals surface area contributed by atoms with Crippen molar-refractivity contribution < 1.29 is 14.3 Å². The molecule has 0 atom stereocenters. The molecule has 7 nitrogen and oxygen atoms in total. The summed E-state index contributed by atoms with van der Waals surface area (Å²) >= 11 is 0. The van der Waals surface area contributed by atoms with Crippen molar-refractivity contribution in [2.24, 2.45) is 0 Å². The SMILES string of the molecule is COCCNc1nc(-c2ccccc2)ccc1C(=O)NCCNC(C)=O. The summed E-state index contributed by atoms with van der Waals surface area (Å²) in [5, 5.41) is 8.56. The minimum Gasteiger partial charge on any atom is -0.383 e. The molecule has 0 saturated heterocycles. The topological polar surface area (TPSA) is 92.3 Å². The molecule has 1 aromatic carbocycles. The van der Waals surface area contributed by atoms with Crippen LogP contribution in [0.15, 0.2) is 42.5 Å². The Hall–Kier alpha value is -2.93. The van der Waals surface area contributed by atoms with E-state index in [0.717, 1.165) is 11.3 Å². The fourth-order valence-electron chi connectivity index (χ4n) is 2.33. The maximum Gasteiger partial charge on any atom is 0.255 e.